The van der Waals surface area contributed by atoms with Crippen LogP contribution >= 0.6 is 11.6 Å². The van der Waals surface area contributed by atoms with Crippen LogP contribution in [0.5, 0.6) is 0 Å². The van der Waals surface area contributed by atoms with Crippen LogP contribution in [0.2, 0.25) is 5.02 Å². The quantitative estimate of drug-likeness (QED) is 0.561. The highest BCUT2D eigenvalue weighted by Gasteiger charge is 2.12. The number of aryl methyl sites for hydroxylation is 2. The lowest BCUT2D eigenvalue weighted by Gasteiger charge is -2.09. The van der Waals surface area contributed by atoms with Crippen LogP contribution in [-0.4, -0.2) is 19.2 Å². The second-order valence-corrected chi connectivity index (χ2v) is 5.98. The summed E-state index contributed by atoms with van der Waals surface area (Å²) in [6.07, 6.45) is 0. The number of rotatable bonds is 2. The lowest BCUT2D eigenvalue weighted by molar-refractivity contribution is 0.804. The van der Waals surface area contributed by atoms with Crippen LogP contribution in [0.1, 0.15) is 17.1 Å². The maximum atomic E-state index is 6.10. The van der Waals surface area contributed by atoms with Crippen LogP contribution in [0.4, 0.5) is 0 Å². The van der Waals surface area contributed by atoms with Crippen molar-refractivity contribution in [3.8, 4) is 0 Å². The molecule has 4 aromatic rings. The first kappa shape index (κ1) is 13.3. The average Bonchev–Trinajstić information content (AvgIpc) is 3.01. The summed E-state index contributed by atoms with van der Waals surface area (Å²) in [5.74, 6) is 0.903. The van der Waals surface area contributed by atoms with E-state index in [1.165, 1.54) is 16.8 Å². The van der Waals surface area contributed by atoms with Gasteiger partial charge in [0.2, 0.25) is 0 Å². The Kier molecular flexibility index (Phi) is 2.94. The predicted octanol–water partition coefficient (Wildman–Crippen LogP) is 4.00. The highest BCUT2D eigenvalue weighted by atomic mass is 35.5. The second-order valence-electron chi connectivity index (χ2n) is 5.55. The second kappa shape index (κ2) is 4.85. The van der Waals surface area contributed by atoms with Gasteiger partial charge in [-0.2, -0.15) is 0 Å². The first-order valence-electron chi connectivity index (χ1n) is 7.18. The van der Waals surface area contributed by atoms with Gasteiger partial charge in [0.25, 0.3) is 0 Å². The third-order valence-corrected chi connectivity index (χ3v) is 4.27. The van der Waals surface area contributed by atoms with Gasteiger partial charge < -0.3 is 4.57 Å². The Balaban J connectivity index is 1.92. The molecule has 0 atom stereocenters. The molecule has 3 heterocycles. The van der Waals surface area contributed by atoms with Gasteiger partial charge in [0.05, 0.1) is 11.0 Å². The molecule has 22 heavy (non-hydrogen) atoms. The van der Waals surface area contributed by atoms with E-state index in [-0.39, 0.29) is 0 Å². The van der Waals surface area contributed by atoms with Gasteiger partial charge in [-0.1, -0.05) is 23.7 Å². The van der Waals surface area contributed by atoms with Crippen molar-refractivity contribution < 1.29 is 0 Å². The predicted molar refractivity (Wildman–Crippen MR) is 88.5 cm³/mol. The van der Waals surface area contributed by atoms with E-state index in [1.54, 1.807) is 0 Å². The standard InChI is InChI=1S/C17H15ClN4/c1-11-8-16-15(6-7-17-20-19-12(2)22(16)17)21(11)10-13-4-3-5-14(18)9-13/h3-9H,10H2,1-2H3. The van der Waals surface area contributed by atoms with Crippen LogP contribution in [0.25, 0.3) is 16.7 Å². The van der Waals surface area contributed by atoms with Gasteiger partial charge in [-0.25, -0.2) is 0 Å². The zero-order chi connectivity index (χ0) is 15.3. The molecule has 4 nitrogen and oxygen atoms in total. The van der Waals surface area contributed by atoms with Crippen molar-refractivity contribution in [2.75, 3.05) is 0 Å². The lowest BCUT2D eigenvalue weighted by Crippen LogP contribution is -2.01. The fourth-order valence-electron chi connectivity index (χ4n) is 3.00. The minimum absolute atomic E-state index is 0.767. The molecule has 110 valence electrons. The lowest BCUT2D eigenvalue weighted by atomic mass is 10.2. The number of halogens is 1. The summed E-state index contributed by atoms with van der Waals surface area (Å²) in [7, 11) is 0. The van der Waals surface area contributed by atoms with Crippen molar-refractivity contribution >= 4 is 28.3 Å². The van der Waals surface area contributed by atoms with E-state index in [9.17, 15) is 0 Å². The maximum Gasteiger partial charge on any atom is 0.161 e. The van der Waals surface area contributed by atoms with Crippen molar-refractivity contribution in [3.63, 3.8) is 0 Å². The zero-order valence-corrected chi connectivity index (χ0v) is 13.2. The summed E-state index contributed by atoms with van der Waals surface area (Å²) in [6, 6.07) is 14.3. The van der Waals surface area contributed by atoms with Gasteiger partial charge in [0, 0.05) is 17.3 Å². The molecule has 0 unspecified atom stereocenters. The zero-order valence-electron chi connectivity index (χ0n) is 12.4. The van der Waals surface area contributed by atoms with E-state index in [0.717, 1.165) is 28.6 Å². The minimum atomic E-state index is 0.767. The summed E-state index contributed by atoms with van der Waals surface area (Å²) in [4.78, 5) is 0. The molecule has 0 saturated carbocycles. The van der Waals surface area contributed by atoms with Crippen molar-refractivity contribution in [3.05, 3.63) is 64.6 Å². The van der Waals surface area contributed by atoms with Crippen molar-refractivity contribution in [1.82, 2.24) is 19.2 Å². The molecule has 0 amide bonds. The molecule has 0 aliphatic rings. The fraction of sp³-hybridized carbons (Fsp3) is 0.176. The third-order valence-electron chi connectivity index (χ3n) is 4.04. The molecule has 5 heteroatoms. The molecule has 0 saturated heterocycles. The van der Waals surface area contributed by atoms with Crippen molar-refractivity contribution in [2.24, 2.45) is 0 Å². The number of hydrogen-bond donors (Lipinski definition) is 0. The molecule has 0 bridgehead atoms. The number of aromatic nitrogens is 4. The summed E-state index contributed by atoms with van der Waals surface area (Å²) in [5, 5.41) is 9.12. The first-order chi connectivity index (χ1) is 10.6. The number of fused-ring (bicyclic) bond motifs is 3. The highest BCUT2D eigenvalue weighted by Crippen LogP contribution is 2.23. The molecule has 1 aromatic carbocycles. The SMILES string of the molecule is Cc1cc2c(ccc3nnc(C)n32)n1Cc1cccc(Cl)c1. The van der Waals surface area contributed by atoms with Crippen LogP contribution in [0, 0.1) is 13.8 Å². The molecule has 0 aliphatic heterocycles. The van der Waals surface area contributed by atoms with E-state index in [1.807, 2.05) is 31.2 Å². The molecule has 0 radical (unpaired) electrons. The number of pyridine rings is 1. The van der Waals surface area contributed by atoms with E-state index in [2.05, 4.69) is 44.3 Å². The first-order valence-corrected chi connectivity index (χ1v) is 7.56. The summed E-state index contributed by atoms with van der Waals surface area (Å²) < 4.78 is 4.39. The molecule has 0 spiro atoms. The van der Waals surface area contributed by atoms with Crippen molar-refractivity contribution in [1.29, 1.82) is 0 Å². The maximum absolute atomic E-state index is 6.10. The van der Waals surface area contributed by atoms with Gasteiger partial charge in [0.15, 0.2) is 5.65 Å². The van der Waals surface area contributed by atoms with Crippen LogP contribution in [0.3, 0.4) is 0 Å². The summed E-state index contributed by atoms with van der Waals surface area (Å²) in [5.41, 5.74) is 5.58. The number of nitrogens with zero attached hydrogens (tertiary/aromatic N) is 4. The van der Waals surface area contributed by atoms with E-state index < -0.39 is 0 Å². The van der Waals surface area contributed by atoms with E-state index in [0.29, 0.717) is 0 Å². The molecule has 0 N–H and O–H groups in total. The Morgan fingerprint density at radius 2 is 1.86 bits per heavy atom. The fourth-order valence-corrected chi connectivity index (χ4v) is 3.21. The number of benzene rings is 1. The summed E-state index contributed by atoms with van der Waals surface area (Å²) >= 11 is 6.10. The smallest absolute Gasteiger partial charge is 0.161 e. The van der Waals surface area contributed by atoms with Gasteiger partial charge in [-0.15, -0.1) is 10.2 Å². The van der Waals surface area contributed by atoms with Crippen LogP contribution < -0.4 is 0 Å². The highest BCUT2D eigenvalue weighted by molar-refractivity contribution is 6.30. The largest absolute Gasteiger partial charge is 0.339 e. The Morgan fingerprint density at radius 1 is 1.00 bits per heavy atom. The number of hydrogen-bond acceptors (Lipinski definition) is 2. The topological polar surface area (TPSA) is 35.1 Å². The molecule has 0 aliphatic carbocycles. The summed E-state index contributed by atoms with van der Waals surface area (Å²) in [6.45, 7) is 4.89. The minimum Gasteiger partial charge on any atom is -0.339 e. The average molecular weight is 311 g/mol. The molecule has 3 aromatic heterocycles. The third kappa shape index (κ3) is 1.99. The molecule has 4 rings (SSSR count). The monoisotopic (exact) mass is 310 g/mol. The molecular formula is C17H15ClN4. The Morgan fingerprint density at radius 3 is 2.68 bits per heavy atom. The van der Waals surface area contributed by atoms with Crippen LogP contribution in [0.15, 0.2) is 42.5 Å². The van der Waals surface area contributed by atoms with E-state index in [4.69, 9.17) is 11.6 Å². The van der Waals surface area contributed by atoms with Gasteiger partial charge >= 0.3 is 0 Å². The normalized spacial score (nSPS) is 11.6. The Bertz CT molecular complexity index is 997. The molecular weight excluding hydrogens is 296 g/mol. The van der Waals surface area contributed by atoms with Gasteiger partial charge in [-0.3, -0.25) is 4.40 Å². The van der Waals surface area contributed by atoms with Crippen molar-refractivity contribution in [2.45, 2.75) is 20.4 Å². The van der Waals surface area contributed by atoms with E-state index >= 15 is 0 Å². The Hall–Kier alpha value is -2.33. The van der Waals surface area contributed by atoms with Gasteiger partial charge in [0.1, 0.15) is 5.82 Å². The van der Waals surface area contributed by atoms with Crippen LogP contribution in [-0.2, 0) is 6.54 Å². The van der Waals surface area contributed by atoms with Gasteiger partial charge in [-0.05, 0) is 49.7 Å². The Labute approximate surface area is 133 Å². The molecule has 0 fully saturated rings.